The molecular weight excluding hydrogens is 492 g/mol. The van der Waals surface area contributed by atoms with Crippen LogP contribution in [0.1, 0.15) is 78.1 Å². The van der Waals surface area contributed by atoms with Crippen molar-refractivity contribution in [1.29, 1.82) is 0 Å². The standard InChI is InChI=1S/C29H42O9/c1-16-25(33)22(31)12-24(37-16)38-18-3-8-27(15-30)20-4-7-26(2)19(17-11-23(32)36-14-17)6-10-29(26,35)21(20)5-9-28(27,34)13-18/h11,15-16,18-22,24-25,31,33-35H,3-10,12-14H2,1-2H3/t16?,18-,19-,20?,21?,22?,24+,25-,26-,27+,28+,29+/m1/s1. The summed E-state index contributed by atoms with van der Waals surface area (Å²) in [4.78, 5) is 24.7. The Hall–Kier alpha value is -1.36. The van der Waals surface area contributed by atoms with Crippen molar-refractivity contribution in [2.75, 3.05) is 6.61 Å². The van der Waals surface area contributed by atoms with Gasteiger partial charge in [0.1, 0.15) is 19.0 Å². The Morgan fingerprint density at radius 1 is 1.05 bits per heavy atom. The lowest BCUT2D eigenvalue weighted by Gasteiger charge is -2.65. The van der Waals surface area contributed by atoms with E-state index in [0.717, 1.165) is 31.1 Å². The number of hydrogen-bond donors (Lipinski definition) is 4. The second kappa shape index (κ2) is 9.08. The van der Waals surface area contributed by atoms with Crippen molar-refractivity contribution in [1.82, 2.24) is 0 Å². The molecule has 4 N–H and O–H groups in total. The fourth-order valence-corrected chi connectivity index (χ4v) is 9.76. The predicted molar refractivity (Wildman–Crippen MR) is 133 cm³/mol. The second-order valence-corrected chi connectivity index (χ2v) is 13.3. The van der Waals surface area contributed by atoms with Crippen LogP contribution in [0.5, 0.6) is 0 Å². The van der Waals surface area contributed by atoms with Crippen molar-refractivity contribution in [3.05, 3.63) is 11.6 Å². The molecule has 9 heteroatoms. The molecule has 0 radical (unpaired) electrons. The number of ether oxygens (including phenoxy) is 3. The molecule has 0 aromatic rings. The topological polar surface area (TPSA) is 143 Å². The fourth-order valence-electron chi connectivity index (χ4n) is 9.76. The molecule has 2 heterocycles. The van der Waals surface area contributed by atoms with Gasteiger partial charge in [0.2, 0.25) is 0 Å². The molecule has 0 bridgehead atoms. The van der Waals surface area contributed by atoms with Crippen molar-refractivity contribution >= 4 is 12.3 Å². The Bertz CT molecular complexity index is 1000. The SMILES string of the molecule is CC1O[C@@H](O[C@@H]2CC[C@]3(C=O)C4CC[C@]5(C)[C@@H](C6=CC(=O)OC6)CC[C@]5(O)C4CC[C@]3(O)C2)CC(O)[C@@H]1O. The largest absolute Gasteiger partial charge is 0.458 e. The molecule has 4 unspecified atom stereocenters. The molecular formula is C29H42O9. The molecule has 6 rings (SSSR count). The maximum absolute atomic E-state index is 12.9. The summed E-state index contributed by atoms with van der Waals surface area (Å²) >= 11 is 0. The van der Waals surface area contributed by atoms with Crippen LogP contribution in [0.4, 0.5) is 0 Å². The average Bonchev–Trinajstić information content (AvgIpc) is 3.41. The van der Waals surface area contributed by atoms with Crippen LogP contribution in [0.25, 0.3) is 0 Å². The molecule has 0 aromatic heterocycles. The number of cyclic esters (lactones) is 1. The Kier molecular flexibility index (Phi) is 6.41. The van der Waals surface area contributed by atoms with Crippen molar-refractivity contribution in [2.24, 2.45) is 28.6 Å². The average molecular weight is 535 g/mol. The van der Waals surface area contributed by atoms with Gasteiger partial charge >= 0.3 is 5.97 Å². The number of rotatable bonds is 4. The summed E-state index contributed by atoms with van der Waals surface area (Å²) in [6.45, 7) is 4.13. The lowest BCUT2D eigenvalue weighted by Crippen LogP contribution is -2.69. The van der Waals surface area contributed by atoms with E-state index in [4.69, 9.17) is 14.2 Å². The van der Waals surface area contributed by atoms with Crippen LogP contribution in [0.2, 0.25) is 0 Å². The molecule has 2 aliphatic heterocycles. The molecule has 5 fully saturated rings. The first-order valence-corrected chi connectivity index (χ1v) is 14.4. The van der Waals surface area contributed by atoms with Gasteiger partial charge in [0, 0.05) is 24.3 Å². The summed E-state index contributed by atoms with van der Waals surface area (Å²) < 4.78 is 17.1. The maximum Gasteiger partial charge on any atom is 0.331 e. The predicted octanol–water partition coefficient (Wildman–Crippen LogP) is 1.78. The summed E-state index contributed by atoms with van der Waals surface area (Å²) in [5, 5.41) is 44.6. The third-order valence-corrected chi connectivity index (χ3v) is 11.9. The van der Waals surface area contributed by atoms with Crippen LogP contribution in [-0.4, -0.2) is 81.2 Å². The number of hydrogen-bond acceptors (Lipinski definition) is 9. The van der Waals surface area contributed by atoms with Gasteiger partial charge in [0.25, 0.3) is 0 Å². The molecule has 9 nitrogen and oxygen atoms in total. The summed E-state index contributed by atoms with van der Waals surface area (Å²) in [6, 6.07) is 0. The fraction of sp³-hybridized carbons (Fsp3) is 0.862. The molecule has 212 valence electrons. The van der Waals surface area contributed by atoms with Gasteiger partial charge in [-0.05, 0) is 81.6 Å². The third-order valence-electron chi connectivity index (χ3n) is 11.9. The van der Waals surface area contributed by atoms with Crippen molar-refractivity contribution in [3.8, 4) is 0 Å². The number of esters is 1. The Morgan fingerprint density at radius 3 is 2.50 bits per heavy atom. The smallest absolute Gasteiger partial charge is 0.331 e. The number of aldehydes is 1. The van der Waals surface area contributed by atoms with E-state index in [1.54, 1.807) is 13.0 Å². The number of carbonyl (C=O) groups excluding carboxylic acids is 2. The van der Waals surface area contributed by atoms with Gasteiger partial charge in [-0.1, -0.05) is 6.92 Å². The van der Waals surface area contributed by atoms with Crippen molar-refractivity contribution in [2.45, 2.75) is 120 Å². The van der Waals surface area contributed by atoms with E-state index in [0.29, 0.717) is 45.1 Å². The Balaban J connectivity index is 1.22. The number of carbonyl (C=O) groups is 2. The lowest BCUT2D eigenvalue weighted by atomic mass is 9.41. The summed E-state index contributed by atoms with van der Waals surface area (Å²) in [7, 11) is 0. The highest BCUT2D eigenvalue weighted by molar-refractivity contribution is 5.85. The van der Waals surface area contributed by atoms with Gasteiger partial charge in [-0.15, -0.1) is 0 Å². The van der Waals surface area contributed by atoms with Crippen LogP contribution < -0.4 is 0 Å². The Morgan fingerprint density at radius 2 is 1.82 bits per heavy atom. The van der Waals surface area contributed by atoms with Crippen LogP contribution >= 0.6 is 0 Å². The molecule has 0 aromatic carbocycles. The monoisotopic (exact) mass is 534 g/mol. The lowest BCUT2D eigenvalue weighted by molar-refractivity contribution is -0.286. The van der Waals surface area contributed by atoms with E-state index in [2.05, 4.69) is 6.92 Å². The molecule has 6 aliphatic rings. The minimum absolute atomic E-state index is 0.0729. The first kappa shape index (κ1) is 26.8. The van der Waals surface area contributed by atoms with E-state index in [-0.39, 0.29) is 36.2 Å². The van der Waals surface area contributed by atoms with Gasteiger partial charge in [-0.25, -0.2) is 4.79 Å². The van der Waals surface area contributed by atoms with Crippen LogP contribution in [-0.2, 0) is 23.8 Å². The Labute approximate surface area is 223 Å². The summed E-state index contributed by atoms with van der Waals surface area (Å²) in [5.41, 5.74) is -2.60. The third kappa shape index (κ3) is 3.65. The molecule has 0 amide bonds. The molecule has 1 saturated heterocycles. The number of aliphatic hydroxyl groups excluding tert-OH is 2. The van der Waals surface area contributed by atoms with Crippen molar-refractivity contribution in [3.63, 3.8) is 0 Å². The molecule has 4 aliphatic carbocycles. The molecule has 12 atom stereocenters. The molecule has 38 heavy (non-hydrogen) atoms. The van der Waals surface area contributed by atoms with Gasteiger partial charge < -0.3 is 39.4 Å². The highest BCUT2D eigenvalue weighted by Gasteiger charge is 2.71. The van der Waals surface area contributed by atoms with Crippen LogP contribution in [0, 0.1) is 28.6 Å². The normalized spacial score (nSPS) is 54.4. The van der Waals surface area contributed by atoms with E-state index < -0.39 is 46.6 Å². The minimum atomic E-state index is -1.24. The first-order chi connectivity index (χ1) is 18.0. The first-order valence-electron chi connectivity index (χ1n) is 14.4. The zero-order chi connectivity index (χ0) is 27.1. The van der Waals surface area contributed by atoms with Gasteiger partial charge in [0.15, 0.2) is 6.29 Å². The summed E-state index contributed by atoms with van der Waals surface area (Å²) in [5.74, 6) is -0.473. The van der Waals surface area contributed by atoms with Crippen molar-refractivity contribution < 1.29 is 44.2 Å². The maximum atomic E-state index is 12.9. The minimum Gasteiger partial charge on any atom is -0.458 e. The number of aliphatic hydroxyl groups is 4. The summed E-state index contributed by atoms with van der Waals surface area (Å²) in [6.07, 6.45) is 4.50. The second-order valence-electron chi connectivity index (χ2n) is 13.3. The van der Waals surface area contributed by atoms with Gasteiger partial charge in [-0.2, -0.15) is 0 Å². The van der Waals surface area contributed by atoms with E-state index in [1.807, 2.05) is 0 Å². The van der Waals surface area contributed by atoms with Gasteiger partial charge in [-0.3, -0.25) is 0 Å². The highest BCUT2D eigenvalue weighted by atomic mass is 16.7. The van der Waals surface area contributed by atoms with E-state index >= 15 is 0 Å². The molecule has 0 spiro atoms. The number of fused-ring (bicyclic) bond motifs is 5. The van der Waals surface area contributed by atoms with Crippen LogP contribution in [0.15, 0.2) is 11.6 Å². The zero-order valence-corrected chi connectivity index (χ0v) is 22.4. The zero-order valence-electron chi connectivity index (χ0n) is 22.4. The highest BCUT2D eigenvalue weighted by Crippen LogP contribution is 2.70. The van der Waals surface area contributed by atoms with Gasteiger partial charge in [0.05, 0.1) is 34.9 Å². The van der Waals surface area contributed by atoms with E-state index in [9.17, 15) is 30.0 Å². The molecule has 4 saturated carbocycles. The van der Waals surface area contributed by atoms with Crippen LogP contribution in [0.3, 0.4) is 0 Å². The van der Waals surface area contributed by atoms with E-state index in [1.165, 1.54) is 0 Å². The quantitative estimate of drug-likeness (QED) is 0.241.